The Bertz CT molecular complexity index is 290. The van der Waals surface area contributed by atoms with Crippen molar-refractivity contribution in [1.82, 2.24) is 10.2 Å². The van der Waals surface area contributed by atoms with Crippen LogP contribution in [-0.2, 0) is 14.3 Å². The molecule has 0 radical (unpaired) electrons. The van der Waals surface area contributed by atoms with Gasteiger partial charge in [0.2, 0.25) is 5.91 Å². The van der Waals surface area contributed by atoms with Crippen molar-refractivity contribution in [3.8, 4) is 0 Å². The van der Waals surface area contributed by atoms with Crippen LogP contribution in [0.15, 0.2) is 0 Å². The van der Waals surface area contributed by atoms with Crippen molar-refractivity contribution < 1.29 is 24.2 Å². The molecule has 1 unspecified atom stereocenters. The molecule has 8 heteroatoms. The zero-order valence-corrected chi connectivity index (χ0v) is 8.51. The van der Waals surface area contributed by atoms with E-state index in [1.807, 2.05) is 0 Å². The standard InChI is InChI=1S/C8H13N3O5/c9-6(12)3-11(4-7(13)14)2-5-1-10-8(15)16-5/h5H,1-4H2,(H2,9,12)(H,10,15)(H,13,14). The van der Waals surface area contributed by atoms with Crippen LogP contribution in [0.25, 0.3) is 0 Å². The summed E-state index contributed by atoms with van der Waals surface area (Å²) in [6, 6.07) is 0. The highest BCUT2D eigenvalue weighted by Gasteiger charge is 2.26. The van der Waals surface area contributed by atoms with E-state index in [2.05, 4.69) is 5.32 Å². The monoisotopic (exact) mass is 231 g/mol. The normalized spacial score (nSPS) is 19.3. The second kappa shape index (κ2) is 5.31. The molecule has 0 bridgehead atoms. The van der Waals surface area contributed by atoms with Crippen LogP contribution in [0.3, 0.4) is 0 Å². The van der Waals surface area contributed by atoms with Crippen molar-refractivity contribution in [2.75, 3.05) is 26.2 Å². The maximum atomic E-state index is 10.7. The number of alkyl carbamates (subject to hydrolysis) is 1. The molecule has 1 saturated heterocycles. The van der Waals surface area contributed by atoms with Gasteiger partial charge in [0.25, 0.3) is 0 Å². The van der Waals surface area contributed by atoms with Crippen molar-refractivity contribution in [2.45, 2.75) is 6.10 Å². The molecular weight excluding hydrogens is 218 g/mol. The van der Waals surface area contributed by atoms with Crippen molar-refractivity contribution >= 4 is 18.0 Å². The van der Waals surface area contributed by atoms with Crippen LogP contribution in [-0.4, -0.2) is 60.3 Å². The Hall–Kier alpha value is -1.83. The molecule has 8 nitrogen and oxygen atoms in total. The molecular formula is C8H13N3O5. The maximum absolute atomic E-state index is 10.7. The van der Waals surface area contributed by atoms with Gasteiger partial charge in [-0.3, -0.25) is 14.5 Å². The van der Waals surface area contributed by atoms with Gasteiger partial charge >= 0.3 is 12.1 Å². The van der Waals surface area contributed by atoms with E-state index in [0.717, 1.165) is 0 Å². The van der Waals surface area contributed by atoms with Crippen LogP contribution >= 0.6 is 0 Å². The zero-order chi connectivity index (χ0) is 12.1. The van der Waals surface area contributed by atoms with Crippen LogP contribution in [0, 0.1) is 0 Å². The number of carboxylic acid groups (broad SMARTS) is 1. The van der Waals surface area contributed by atoms with Crippen molar-refractivity contribution in [3.05, 3.63) is 0 Å². The lowest BCUT2D eigenvalue weighted by molar-refractivity contribution is -0.138. The number of ether oxygens (including phenoxy) is 1. The van der Waals surface area contributed by atoms with E-state index >= 15 is 0 Å². The summed E-state index contributed by atoms with van der Waals surface area (Å²) in [5, 5.41) is 11.0. The van der Waals surface area contributed by atoms with Crippen LogP contribution in [0.1, 0.15) is 0 Å². The Labute approximate surface area is 91.3 Å². The highest BCUT2D eigenvalue weighted by Crippen LogP contribution is 2.02. The van der Waals surface area contributed by atoms with Crippen LogP contribution < -0.4 is 11.1 Å². The van der Waals surface area contributed by atoms with Crippen molar-refractivity contribution in [2.24, 2.45) is 5.73 Å². The Morgan fingerprint density at radius 3 is 2.69 bits per heavy atom. The number of cyclic esters (lactones) is 1. The molecule has 1 aliphatic heterocycles. The lowest BCUT2D eigenvalue weighted by Gasteiger charge is -2.20. The van der Waals surface area contributed by atoms with Gasteiger partial charge in [-0.05, 0) is 0 Å². The second-order valence-corrected chi connectivity index (χ2v) is 3.44. The van der Waals surface area contributed by atoms with Gasteiger partial charge in [0.15, 0.2) is 0 Å². The minimum absolute atomic E-state index is 0.161. The predicted molar refractivity (Wildman–Crippen MR) is 51.5 cm³/mol. The molecule has 4 N–H and O–H groups in total. The first-order chi connectivity index (χ1) is 7.47. The van der Waals surface area contributed by atoms with Gasteiger partial charge in [-0.25, -0.2) is 4.79 Å². The van der Waals surface area contributed by atoms with Crippen LogP contribution in [0.4, 0.5) is 4.79 Å². The lowest BCUT2D eigenvalue weighted by atomic mass is 10.3. The van der Waals surface area contributed by atoms with Gasteiger partial charge in [-0.2, -0.15) is 0 Å². The number of hydrogen-bond donors (Lipinski definition) is 3. The Morgan fingerprint density at radius 1 is 1.56 bits per heavy atom. The lowest BCUT2D eigenvalue weighted by Crippen LogP contribution is -2.42. The van der Waals surface area contributed by atoms with E-state index in [9.17, 15) is 14.4 Å². The number of amides is 2. The fourth-order valence-electron chi connectivity index (χ4n) is 1.42. The number of carboxylic acids is 1. The second-order valence-electron chi connectivity index (χ2n) is 3.44. The van der Waals surface area contributed by atoms with Crippen LogP contribution in [0.5, 0.6) is 0 Å². The average Bonchev–Trinajstić information content (AvgIpc) is 2.48. The summed E-state index contributed by atoms with van der Waals surface area (Å²) in [7, 11) is 0. The summed E-state index contributed by atoms with van der Waals surface area (Å²) in [5.41, 5.74) is 4.97. The third-order valence-corrected chi connectivity index (χ3v) is 1.95. The molecule has 0 aliphatic carbocycles. The minimum atomic E-state index is -1.07. The summed E-state index contributed by atoms with van der Waals surface area (Å²) < 4.78 is 4.82. The minimum Gasteiger partial charge on any atom is -0.480 e. The molecule has 0 aromatic heterocycles. The highest BCUT2D eigenvalue weighted by molar-refractivity contribution is 5.77. The summed E-state index contributed by atoms with van der Waals surface area (Å²) in [6.45, 7) is -0.0426. The number of carbonyl (C=O) groups is 3. The number of nitrogens with zero attached hydrogens (tertiary/aromatic N) is 1. The smallest absolute Gasteiger partial charge is 0.407 e. The molecule has 1 rings (SSSR count). The van der Waals surface area contributed by atoms with E-state index in [-0.39, 0.29) is 19.6 Å². The Morgan fingerprint density at radius 2 is 2.25 bits per heavy atom. The predicted octanol–water partition coefficient (Wildman–Crippen LogP) is -2.03. The van der Waals surface area contributed by atoms with E-state index in [0.29, 0.717) is 6.54 Å². The molecule has 0 saturated carbocycles. The molecule has 1 heterocycles. The number of nitrogens with two attached hydrogens (primary N) is 1. The van der Waals surface area contributed by atoms with Gasteiger partial charge in [0, 0.05) is 6.54 Å². The number of rotatable bonds is 6. The number of hydrogen-bond acceptors (Lipinski definition) is 5. The SMILES string of the molecule is NC(=O)CN(CC(=O)O)CC1CNC(=O)O1. The summed E-state index contributed by atoms with van der Waals surface area (Å²) in [4.78, 5) is 33.2. The molecule has 1 fully saturated rings. The van der Waals surface area contributed by atoms with E-state index in [1.165, 1.54) is 4.90 Å². The van der Waals surface area contributed by atoms with E-state index in [1.54, 1.807) is 0 Å². The quantitative estimate of drug-likeness (QED) is 0.484. The largest absolute Gasteiger partial charge is 0.480 e. The zero-order valence-electron chi connectivity index (χ0n) is 8.51. The number of nitrogens with one attached hydrogen (secondary N) is 1. The van der Waals surface area contributed by atoms with Crippen LogP contribution in [0.2, 0.25) is 0 Å². The van der Waals surface area contributed by atoms with Gasteiger partial charge in [0.1, 0.15) is 6.10 Å². The van der Waals surface area contributed by atoms with Gasteiger partial charge in [0.05, 0.1) is 19.6 Å². The fraction of sp³-hybridized carbons (Fsp3) is 0.625. The third kappa shape index (κ3) is 4.13. The molecule has 1 atom stereocenters. The molecule has 1 aliphatic rings. The first kappa shape index (κ1) is 12.2. The molecule has 0 aromatic rings. The van der Waals surface area contributed by atoms with E-state index < -0.39 is 24.1 Å². The van der Waals surface area contributed by atoms with Gasteiger partial charge in [-0.1, -0.05) is 0 Å². The molecule has 2 amide bonds. The molecule has 90 valence electrons. The summed E-state index contributed by atoms with van der Waals surface area (Å²) >= 11 is 0. The highest BCUT2D eigenvalue weighted by atomic mass is 16.6. The van der Waals surface area contributed by atoms with Gasteiger partial charge < -0.3 is 20.9 Å². The van der Waals surface area contributed by atoms with Crippen molar-refractivity contribution in [1.29, 1.82) is 0 Å². The first-order valence-corrected chi connectivity index (χ1v) is 4.64. The number of carbonyl (C=O) groups excluding carboxylic acids is 2. The Kier molecular flexibility index (Phi) is 4.06. The first-order valence-electron chi connectivity index (χ1n) is 4.64. The maximum Gasteiger partial charge on any atom is 0.407 e. The molecule has 0 aromatic carbocycles. The third-order valence-electron chi connectivity index (χ3n) is 1.95. The van der Waals surface area contributed by atoms with E-state index in [4.69, 9.17) is 15.6 Å². The summed E-state index contributed by atoms with van der Waals surface area (Å²) in [6.07, 6.45) is -0.995. The summed E-state index contributed by atoms with van der Waals surface area (Å²) in [5.74, 6) is -1.70. The average molecular weight is 231 g/mol. The molecule has 16 heavy (non-hydrogen) atoms. The van der Waals surface area contributed by atoms with Gasteiger partial charge in [-0.15, -0.1) is 0 Å². The Balaban J connectivity index is 2.45. The fourth-order valence-corrected chi connectivity index (χ4v) is 1.42. The molecule has 0 spiro atoms. The number of aliphatic carboxylic acids is 1. The number of primary amides is 1. The van der Waals surface area contributed by atoms with Crippen molar-refractivity contribution in [3.63, 3.8) is 0 Å². The topological polar surface area (TPSA) is 122 Å².